The van der Waals surface area contributed by atoms with Crippen molar-refractivity contribution < 1.29 is 19.1 Å². The number of nitrogens with one attached hydrogen (secondary N) is 2. The minimum Gasteiger partial charge on any atom is -0.495 e. The van der Waals surface area contributed by atoms with Crippen LogP contribution in [-0.2, 0) is 20.7 Å². The van der Waals surface area contributed by atoms with Crippen LogP contribution >= 0.6 is 23.4 Å². The summed E-state index contributed by atoms with van der Waals surface area (Å²) < 4.78 is 9.77. The van der Waals surface area contributed by atoms with Gasteiger partial charge in [-0.05, 0) is 18.6 Å². The average molecular weight is 412 g/mol. The molecule has 0 fully saturated rings. The highest BCUT2D eigenvalue weighted by atomic mass is 35.5. The van der Waals surface area contributed by atoms with E-state index in [1.54, 1.807) is 12.1 Å². The lowest BCUT2D eigenvalue weighted by Gasteiger charge is -2.12. The summed E-state index contributed by atoms with van der Waals surface area (Å²) in [6.07, 6.45) is -0.124. The first-order chi connectivity index (χ1) is 12.8. The zero-order valence-electron chi connectivity index (χ0n) is 14.9. The largest absolute Gasteiger partial charge is 0.495 e. The fraction of sp³-hybridized carbons (Fsp3) is 0.294. The molecule has 27 heavy (non-hydrogen) atoms. The van der Waals surface area contributed by atoms with Crippen LogP contribution in [0, 0.1) is 6.92 Å². The van der Waals surface area contributed by atoms with Crippen molar-refractivity contribution in [3.8, 4) is 5.75 Å². The van der Waals surface area contributed by atoms with Gasteiger partial charge in [-0.25, -0.2) is 4.98 Å². The molecule has 8 nitrogen and oxygen atoms in total. The summed E-state index contributed by atoms with van der Waals surface area (Å²) in [6.45, 7) is 1.81. The van der Waals surface area contributed by atoms with E-state index >= 15 is 0 Å². The number of anilines is 1. The first-order valence-electron chi connectivity index (χ1n) is 7.76. The van der Waals surface area contributed by atoms with E-state index in [1.165, 1.54) is 20.3 Å². The summed E-state index contributed by atoms with van der Waals surface area (Å²) in [5.41, 5.74) is 1.14. The van der Waals surface area contributed by atoms with Gasteiger partial charge in [-0.1, -0.05) is 23.4 Å². The van der Waals surface area contributed by atoms with E-state index in [4.69, 9.17) is 16.3 Å². The zero-order valence-corrected chi connectivity index (χ0v) is 16.5. The monoisotopic (exact) mass is 411 g/mol. The lowest BCUT2D eigenvalue weighted by molar-refractivity contribution is -0.139. The second-order valence-corrected chi connectivity index (χ2v) is 6.80. The van der Waals surface area contributed by atoms with Gasteiger partial charge >= 0.3 is 5.97 Å². The molecule has 2 rings (SSSR count). The Balaban J connectivity index is 2.05. The predicted octanol–water partition coefficient (Wildman–Crippen LogP) is 2.19. The van der Waals surface area contributed by atoms with E-state index in [9.17, 15) is 14.4 Å². The summed E-state index contributed by atoms with van der Waals surface area (Å²) in [4.78, 5) is 41.9. The van der Waals surface area contributed by atoms with Crippen LogP contribution in [0.3, 0.4) is 0 Å². The van der Waals surface area contributed by atoms with E-state index < -0.39 is 11.5 Å². The van der Waals surface area contributed by atoms with Gasteiger partial charge in [-0.2, -0.15) is 0 Å². The first kappa shape index (κ1) is 20.8. The fourth-order valence-electron chi connectivity index (χ4n) is 2.11. The third-order valence-corrected chi connectivity index (χ3v) is 4.70. The molecule has 0 aliphatic rings. The molecule has 0 saturated heterocycles. The topological polar surface area (TPSA) is 110 Å². The lowest BCUT2D eigenvalue weighted by atomic mass is 10.2. The van der Waals surface area contributed by atoms with Crippen LogP contribution in [0.25, 0.3) is 0 Å². The molecule has 0 aliphatic heterocycles. The van der Waals surface area contributed by atoms with Gasteiger partial charge in [0, 0.05) is 17.2 Å². The maximum Gasteiger partial charge on any atom is 0.311 e. The normalized spacial score (nSPS) is 10.4. The third kappa shape index (κ3) is 6.00. The molecule has 0 unspecified atom stereocenters. The van der Waals surface area contributed by atoms with Crippen LogP contribution in [0.2, 0.25) is 5.02 Å². The second kappa shape index (κ2) is 9.43. The van der Waals surface area contributed by atoms with Crippen molar-refractivity contribution >= 4 is 40.9 Å². The Bertz CT molecular complexity index is 916. The highest BCUT2D eigenvalue weighted by Crippen LogP contribution is 2.31. The van der Waals surface area contributed by atoms with Crippen molar-refractivity contribution in [2.75, 3.05) is 25.3 Å². The second-order valence-electron chi connectivity index (χ2n) is 5.43. The van der Waals surface area contributed by atoms with Crippen molar-refractivity contribution in [1.29, 1.82) is 0 Å². The van der Waals surface area contributed by atoms with Crippen molar-refractivity contribution in [2.24, 2.45) is 0 Å². The van der Waals surface area contributed by atoms with Gasteiger partial charge in [0.1, 0.15) is 5.75 Å². The number of esters is 1. The quantitative estimate of drug-likeness (QED) is 0.408. The van der Waals surface area contributed by atoms with Gasteiger partial charge in [0.25, 0.3) is 5.56 Å². The van der Waals surface area contributed by atoms with E-state index in [0.717, 1.165) is 17.3 Å². The molecule has 1 aromatic carbocycles. The number of methoxy groups -OCH3 is 2. The Morgan fingerprint density at radius 3 is 2.70 bits per heavy atom. The van der Waals surface area contributed by atoms with Crippen molar-refractivity contribution in [2.45, 2.75) is 18.5 Å². The molecule has 0 atom stereocenters. The molecule has 10 heteroatoms. The van der Waals surface area contributed by atoms with Crippen molar-refractivity contribution in [3.05, 3.63) is 44.8 Å². The maximum absolute atomic E-state index is 12.2. The van der Waals surface area contributed by atoms with E-state index in [0.29, 0.717) is 16.5 Å². The van der Waals surface area contributed by atoms with Crippen LogP contribution in [0.5, 0.6) is 5.75 Å². The zero-order chi connectivity index (χ0) is 20.0. The predicted molar refractivity (Wildman–Crippen MR) is 103 cm³/mol. The molecule has 144 valence electrons. The van der Waals surface area contributed by atoms with E-state index in [2.05, 4.69) is 20.0 Å². The highest BCUT2D eigenvalue weighted by Gasteiger charge is 2.12. The number of benzene rings is 1. The number of amides is 1. The smallest absolute Gasteiger partial charge is 0.311 e. The van der Waals surface area contributed by atoms with Crippen LogP contribution in [0.15, 0.2) is 28.2 Å². The number of halogens is 1. The van der Waals surface area contributed by atoms with Gasteiger partial charge < -0.3 is 19.8 Å². The molecular weight excluding hydrogens is 394 g/mol. The number of carbonyl (C=O) groups is 2. The van der Waals surface area contributed by atoms with Gasteiger partial charge in [0.15, 0.2) is 5.16 Å². The summed E-state index contributed by atoms with van der Waals surface area (Å²) in [7, 11) is 2.73. The fourth-order valence-corrected chi connectivity index (χ4v) is 2.96. The molecule has 0 saturated carbocycles. The SMILES string of the molecule is COC(=O)Cc1cc(=O)[nH]c(SCC(=O)Nc2cc(C)c(Cl)cc2OC)n1. The van der Waals surface area contributed by atoms with Crippen LogP contribution in [0.4, 0.5) is 5.69 Å². The molecule has 0 bridgehead atoms. The number of aromatic nitrogens is 2. The number of aromatic amines is 1. The Morgan fingerprint density at radius 1 is 1.30 bits per heavy atom. The molecule has 0 aliphatic carbocycles. The minimum absolute atomic E-state index is 0.00452. The van der Waals surface area contributed by atoms with Crippen molar-refractivity contribution in [1.82, 2.24) is 9.97 Å². The lowest BCUT2D eigenvalue weighted by Crippen LogP contribution is -2.17. The maximum atomic E-state index is 12.2. The van der Waals surface area contributed by atoms with Gasteiger partial charge in [-0.3, -0.25) is 14.4 Å². The van der Waals surface area contributed by atoms with Gasteiger partial charge in [0.2, 0.25) is 5.91 Å². The Morgan fingerprint density at radius 2 is 2.04 bits per heavy atom. The summed E-state index contributed by atoms with van der Waals surface area (Å²) >= 11 is 7.08. The molecule has 2 aromatic rings. The van der Waals surface area contributed by atoms with Crippen LogP contribution < -0.4 is 15.6 Å². The number of ether oxygens (including phenoxy) is 2. The molecule has 2 N–H and O–H groups in total. The summed E-state index contributed by atoms with van der Waals surface area (Å²) in [6, 6.07) is 4.54. The molecule has 1 amide bonds. The standard InChI is InChI=1S/C17H18ClN3O5S/c1-9-4-12(13(25-2)7-11(9)18)20-15(23)8-27-17-19-10(5-14(22)21-17)6-16(24)26-3/h4-5,7H,6,8H2,1-3H3,(H,20,23)(H,19,21,22). The number of thioether (sulfide) groups is 1. The molecule has 1 heterocycles. The van der Waals surface area contributed by atoms with E-state index in [-0.39, 0.29) is 28.9 Å². The number of H-pyrrole nitrogens is 1. The van der Waals surface area contributed by atoms with E-state index in [1.807, 2.05) is 6.92 Å². The molecular formula is C17H18ClN3O5S. The number of hydrogen-bond acceptors (Lipinski definition) is 7. The number of rotatable bonds is 7. The molecule has 0 spiro atoms. The molecule has 1 aromatic heterocycles. The van der Waals surface area contributed by atoms with Crippen LogP contribution in [-0.4, -0.2) is 41.8 Å². The molecule has 0 radical (unpaired) electrons. The highest BCUT2D eigenvalue weighted by molar-refractivity contribution is 7.99. The number of carbonyl (C=O) groups excluding carboxylic acids is 2. The minimum atomic E-state index is -0.507. The Hall–Kier alpha value is -2.52. The first-order valence-corrected chi connectivity index (χ1v) is 9.12. The third-order valence-electron chi connectivity index (χ3n) is 3.42. The summed E-state index contributed by atoms with van der Waals surface area (Å²) in [5, 5.41) is 3.50. The van der Waals surface area contributed by atoms with Gasteiger partial charge in [-0.15, -0.1) is 0 Å². The number of hydrogen-bond donors (Lipinski definition) is 2. The van der Waals surface area contributed by atoms with Gasteiger partial charge in [0.05, 0.1) is 37.8 Å². The average Bonchev–Trinajstić information content (AvgIpc) is 2.62. The van der Waals surface area contributed by atoms with Crippen molar-refractivity contribution in [3.63, 3.8) is 0 Å². The Kier molecular flexibility index (Phi) is 7.26. The number of aryl methyl sites for hydroxylation is 1. The number of nitrogens with zero attached hydrogens (tertiary/aromatic N) is 1. The Labute approximate surface area is 164 Å². The summed E-state index contributed by atoms with van der Waals surface area (Å²) in [5.74, 6) is -0.390. The van der Waals surface area contributed by atoms with Crippen LogP contribution in [0.1, 0.15) is 11.3 Å².